The molecular formula is C16H23N3O. The molecule has 0 spiro atoms. The number of anilines is 2. The second-order valence-corrected chi connectivity index (χ2v) is 5.24. The summed E-state index contributed by atoms with van der Waals surface area (Å²) in [6.07, 6.45) is 2.76. The van der Waals surface area contributed by atoms with Crippen molar-refractivity contribution in [2.24, 2.45) is 0 Å². The van der Waals surface area contributed by atoms with E-state index in [-0.39, 0.29) is 0 Å². The predicted octanol–water partition coefficient (Wildman–Crippen LogP) is 3.50. The van der Waals surface area contributed by atoms with Crippen LogP contribution >= 0.6 is 0 Å². The minimum Gasteiger partial charge on any atom is -0.431 e. The van der Waals surface area contributed by atoms with E-state index in [2.05, 4.69) is 55.3 Å². The van der Waals surface area contributed by atoms with Crippen LogP contribution in [-0.2, 0) is 13.0 Å². The fourth-order valence-electron chi connectivity index (χ4n) is 1.91. The highest BCUT2D eigenvalue weighted by atomic mass is 16.4. The lowest BCUT2D eigenvalue weighted by atomic mass is 10.1. The number of oxazole rings is 1. The lowest BCUT2D eigenvalue weighted by molar-refractivity contribution is 0.552. The predicted molar refractivity (Wildman–Crippen MR) is 82.4 cm³/mol. The molecule has 0 saturated carbocycles. The molecule has 4 heteroatoms. The van der Waals surface area contributed by atoms with Crippen molar-refractivity contribution >= 4 is 11.7 Å². The first-order valence-corrected chi connectivity index (χ1v) is 7.10. The summed E-state index contributed by atoms with van der Waals surface area (Å²) in [5, 5.41) is 3.33. The van der Waals surface area contributed by atoms with Crippen LogP contribution in [0.2, 0.25) is 0 Å². The van der Waals surface area contributed by atoms with E-state index in [4.69, 9.17) is 4.42 Å². The van der Waals surface area contributed by atoms with Crippen LogP contribution in [-0.4, -0.2) is 18.1 Å². The Kier molecular flexibility index (Phi) is 4.79. The number of aromatic nitrogens is 1. The summed E-state index contributed by atoms with van der Waals surface area (Å²) >= 11 is 0. The molecule has 0 aliphatic rings. The van der Waals surface area contributed by atoms with Crippen molar-refractivity contribution in [2.75, 3.05) is 11.9 Å². The van der Waals surface area contributed by atoms with E-state index in [0.29, 0.717) is 12.1 Å². The molecule has 1 heterocycles. The Hall–Kier alpha value is -1.81. The van der Waals surface area contributed by atoms with Gasteiger partial charge in [-0.15, -0.1) is 0 Å². The van der Waals surface area contributed by atoms with Gasteiger partial charge in [0.1, 0.15) is 6.26 Å². The second-order valence-electron chi connectivity index (χ2n) is 5.24. The molecule has 0 radical (unpaired) electrons. The second kappa shape index (κ2) is 6.57. The van der Waals surface area contributed by atoms with Crippen LogP contribution in [0.15, 0.2) is 34.9 Å². The van der Waals surface area contributed by atoms with Gasteiger partial charge in [-0.25, -0.2) is 0 Å². The van der Waals surface area contributed by atoms with Crippen LogP contribution in [0.1, 0.15) is 32.0 Å². The number of benzene rings is 1. The average molecular weight is 273 g/mol. The molecule has 0 atom stereocenters. The summed E-state index contributed by atoms with van der Waals surface area (Å²) in [5.41, 5.74) is 3.33. The van der Waals surface area contributed by atoms with E-state index in [0.717, 1.165) is 24.3 Å². The van der Waals surface area contributed by atoms with Gasteiger partial charge in [0.2, 0.25) is 0 Å². The van der Waals surface area contributed by atoms with Gasteiger partial charge in [-0.3, -0.25) is 4.90 Å². The van der Waals surface area contributed by atoms with E-state index < -0.39 is 0 Å². The van der Waals surface area contributed by atoms with E-state index >= 15 is 0 Å². The van der Waals surface area contributed by atoms with Crippen LogP contribution in [0.4, 0.5) is 11.7 Å². The zero-order chi connectivity index (χ0) is 14.5. The Balaban J connectivity index is 2.06. The summed E-state index contributed by atoms with van der Waals surface area (Å²) in [4.78, 5) is 6.45. The summed E-state index contributed by atoms with van der Waals surface area (Å²) in [6.45, 7) is 7.11. The highest BCUT2D eigenvalue weighted by Gasteiger charge is 2.11. The van der Waals surface area contributed by atoms with Crippen LogP contribution in [0, 0.1) is 0 Å². The quantitative estimate of drug-likeness (QED) is 0.874. The first-order chi connectivity index (χ1) is 9.60. The Labute approximate surface area is 120 Å². The molecule has 0 fully saturated rings. The van der Waals surface area contributed by atoms with Gasteiger partial charge < -0.3 is 9.73 Å². The number of rotatable bonds is 6. The molecule has 0 saturated heterocycles. The molecule has 1 aromatic carbocycles. The number of nitrogens with zero attached hydrogens (tertiary/aromatic N) is 2. The Morgan fingerprint density at radius 3 is 2.55 bits per heavy atom. The van der Waals surface area contributed by atoms with Crippen molar-refractivity contribution in [3.63, 3.8) is 0 Å². The molecule has 2 rings (SSSR count). The number of hydrogen-bond acceptors (Lipinski definition) is 4. The average Bonchev–Trinajstić information content (AvgIpc) is 2.93. The SMILES string of the molecule is CCc1ccc(N(C)c2nc(CNC(C)C)co2)cc1. The van der Waals surface area contributed by atoms with E-state index in [1.165, 1.54) is 5.56 Å². The van der Waals surface area contributed by atoms with Crippen molar-refractivity contribution in [3.05, 3.63) is 41.8 Å². The van der Waals surface area contributed by atoms with Gasteiger partial charge in [0.25, 0.3) is 0 Å². The number of hydrogen-bond donors (Lipinski definition) is 1. The summed E-state index contributed by atoms with van der Waals surface area (Å²) in [5.74, 6) is 0. The standard InChI is InChI=1S/C16H23N3O/c1-5-13-6-8-15(9-7-13)19(4)16-18-14(11-20-16)10-17-12(2)3/h6-9,11-12,17H,5,10H2,1-4H3. The van der Waals surface area contributed by atoms with Gasteiger partial charge in [-0.1, -0.05) is 32.9 Å². The third kappa shape index (κ3) is 3.61. The molecular weight excluding hydrogens is 250 g/mol. The molecule has 4 nitrogen and oxygen atoms in total. The van der Waals surface area contributed by atoms with Gasteiger partial charge in [-0.2, -0.15) is 4.98 Å². The van der Waals surface area contributed by atoms with Crippen LogP contribution < -0.4 is 10.2 Å². The maximum absolute atomic E-state index is 5.54. The maximum atomic E-state index is 5.54. The lowest BCUT2D eigenvalue weighted by Crippen LogP contribution is -2.22. The molecule has 0 aliphatic heterocycles. The largest absolute Gasteiger partial charge is 0.431 e. The topological polar surface area (TPSA) is 41.3 Å². The minimum atomic E-state index is 0.439. The van der Waals surface area contributed by atoms with Crippen molar-refractivity contribution in [2.45, 2.75) is 39.8 Å². The molecule has 1 N–H and O–H groups in total. The normalized spacial score (nSPS) is 11.1. The van der Waals surface area contributed by atoms with Gasteiger partial charge >= 0.3 is 6.01 Å². The fraction of sp³-hybridized carbons (Fsp3) is 0.438. The van der Waals surface area contributed by atoms with E-state index in [9.17, 15) is 0 Å². The van der Waals surface area contributed by atoms with Gasteiger partial charge in [0, 0.05) is 25.3 Å². The molecule has 1 aromatic heterocycles. The highest BCUT2D eigenvalue weighted by Crippen LogP contribution is 2.23. The molecule has 0 amide bonds. The number of nitrogens with one attached hydrogen (secondary N) is 1. The van der Waals surface area contributed by atoms with Crippen molar-refractivity contribution in [1.82, 2.24) is 10.3 Å². The minimum absolute atomic E-state index is 0.439. The van der Waals surface area contributed by atoms with Gasteiger partial charge in [0.05, 0.1) is 5.69 Å². The smallest absolute Gasteiger partial charge is 0.301 e. The molecule has 0 bridgehead atoms. The van der Waals surface area contributed by atoms with E-state index in [1.807, 2.05) is 11.9 Å². The summed E-state index contributed by atoms with van der Waals surface area (Å²) in [7, 11) is 1.96. The van der Waals surface area contributed by atoms with Crippen molar-refractivity contribution in [1.29, 1.82) is 0 Å². The van der Waals surface area contributed by atoms with Crippen LogP contribution in [0.25, 0.3) is 0 Å². The Bertz CT molecular complexity index is 531. The molecule has 0 unspecified atom stereocenters. The first kappa shape index (κ1) is 14.6. The van der Waals surface area contributed by atoms with Crippen molar-refractivity contribution < 1.29 is 4.42 Å². The zero-order valence-electron chi connectivity index (χ0n) is 12.7. The first-order valence-electron chi connectivity index (χ1n) is 7.10. The van der Waals surface area contributed by atoms with Gasteiger partial charge in [-0.05, 0) is 24.1 Å². The maximum Gasteiger partial charge on any atom is 0.301 e. The molecule has 2 aromatic rings. The summed E-state index contributed by atoms with van der Waals surface area (Å²) < 4.78 is 5.54. The highest BCUT2D eigenvalue weighted by molar-refractivity contribution is 5.55. The number of aryl methyl sites for hydroxylation is 1. The molecule has 108 valence electrons. The lowest BCUT2D eigenvalue weighted by Gasteiger charge is -2.14. The zero-order valence-corrected chi connectivity index (χ0v) is 12.7. The van der Waals surface area contributed by atoms with Gasteiger partial charge in [0.15, 0.2) is 0 Å². The van der Waals surface area contributed by atoms with Crippen LogP contribution in [0.3, 0.4) is 0 Å². The van der Waals surface area contributed by atoms with Crippen molar-refractivity contribution in [3.8, 4) is 0 Å². The third-order valence-corrected chi connectivity index (χ3v) is 3.25. The van der Waals surface area contributed by atoms with Crippen LogP contribution in [0.5, 0.6) is 0 Å². The molecule has 0 aliphatic carbocycles. The Morgan fingerprint density at radius 2 is 1.95 bits per heavy atom. The molecule has 20 heavy (non-hydrogen) atoms. The summed E-state index contributed by atoms with van der Waals surface area (Å²) in [6, 6.07) is 9.51. The Morgan fingerprint density at radius 1 is 1.25 bits per heavy atom. The fourth-order valence-corrected chi connectivity index (χ4v) is 1.91. The monoisotopic (exact) mass is 273 g/mol. The third-order valence-electron chi connectivity index (χ3n) is 3.25. The van der Waals surface area contributed by atoms with E-state index in [1.54, 1.807) is 6.26 Å².